The zero-order valence-corrected chi connectivity index (χ0v) is 17.7. The number of carbonyl (C=O) groups is 1. The quantitative estimate of drug-likeness (QED) is 0.405. The zero-order chi connectivity index (χ0) is 20.4. The number of amides is 1. The van der Waals surface area contributed by atoms with Crippen molar-refractivity contribution in [1.82, 2.24) is 14.5 Å². The van der Waals surface area contributed by atoms with E-state index in [0.717, 1.165) is 23.0 Å². The summed E-state index contributed by atoms with van der Waals surface area (Å²) in [7, 11) is 0. The Morgan fingerprint density at radius 2 is 2.07 bits per heavy atom. The van der Waals surface area contributed by atoms with E-state index < -0.39 is 11.6 Å². The highest BCUT2D eigenvalue weighted by molar-refractivity contribution is 7.22. The van der Waals surface area contributed by atoms with E-state index in [9.17, 15) is 13.6 Å². The lowest BCUT2D eigenvalue weighted by Gasteiger charge is -2.20. The molecule has 0 aliphatic carbocycles. The van der Waals surface area contributed by atoms with Crippen LogP contribution in [0.1, 0.15) is 22.3 Å². The van der Waals surface area contributed by atoms with Crippen LogP contribution < -0.4 is 4.90 Å². The molecule has 0 saturated heterocycles. The van der Waals surface area contributed by atoms with Crippen LogP contribution in [-0.4, -0.2) is 27.0 Å². The summed E-state index contributed by atoms with van der Waals surface area (Å²) in [6.45, 7) is 2.97. The first-order valence-corrected chi connectivity index (χ1v) is 9.93. The second kappa shape index (κ2) is 9.32. The first-order chi connectivity index (χ1) is 14.0. The van der Waals surface area contributed by atoms with Gasteiger partial charge in [-0.25, -0.2) is 18.7 Å². The van der Waals surface area contributed by atoms with Crippen molar-refractivity contribution in [2.75, 3.05) is 11.4 Å². The lowest BCUT2D eigenvalue weighted by atomic mass is 10.1. The number of anilines is 1. The van der Waals surface area contributed by atoms with Gasteiger partial charge in [-0.2, -0.15) is 0 Å². The van der Waals surface area contributed by atoms with Crippen LogP contribution >= 0.6 is 23.7 Å². The molecule has 0 aliphatic heterocycles. The summed E-state index contributed by atoms with van der Waals surface area (Å²) in [5.41, 5.74) is 1.56. The van der Waals surface area contributed by atoms with Gasteiger partial charge in [-0.3, -0.25) is 9.69 Å². The number of hydrogen-bond acceptors (Lipinski definition) is 4. The highest BCUT2D eigenvalue weighted by Gasteiger charge is 2.22. The molecule has 0 fully saturated rings. The molecule has 0 spiro atoms. The number of imidazole rings is 1. The van der Waals surface area contributed by atoms with Gasteiger partial charge in [0.05, 0.1) is 11.0 Å². The molecule has 1 amide bonds. The van der Waals surface area contributed by atoms with Crippen molar-refractivity contribution < 1.29 is 13.6 Å². The molecular weight excluding hydrogens is 430 g/mol. The van der Waals surface area contributed by atoms with E-state index >= 15 is 0 Å². The minimum atomic E-state index is -0.733. The van der Waals surface area contributed by atoms with E-state index in [1.807, 2.05) is 29.8 Å². The summed E-state index contributed by atoms with van der Waals surface area (Å²) in [6.07, 6.45) is 5.91. The molecule has 5 nitrogen and oxygen atoms in total. The maximum atomic E-state index is 14.1. The van der Waals surface area contributed by atoms with Crippen molar-refractivity contribution in [3.63, 3.8) is 0 Å². The number of rotatable bonds is 6. The molecule has 4 rings (SSSR count). The Hall–Kier alpha value is -2.84. The molecule has 2 aromatic heterocycles. The summed E-state index contributed by atoms with van der Waals surface area (Å²) in [4.78, 5) is 23.1. The summed E-state index contributed by atoms with van der Waals surface area (Å²) in [5, 5.41) is 0.349. The molecule has 0 unspecified atom stereocenters. The second-order valence-electron chi connectivity index (χ2n) is 6.71. The fraction of sp³-hybridized carbons (Fsp3) is 0.190. The zero-order valence-electron chi connectivity index (χ0n) is 16.1. The number of fused-ring (bicyclic) bond motifs is 1. The Morgan fingerprint density at radius 3 is 2.80 bits per heavy atom. The van der Waals surface area contributed by atoms with Gasteiger partial charge >= 0.3 is 0 Å². The van der Waals surface area contributed by atoms with E-state index in [4.69, 9.17) is 0 Å². The predicted octanol–water partition coefficient (Wildman–Crippen LogP) is 5.24. The molecule has 0 aliphatic rings. The summed E-state index contributed by atoms with van der Waals surface area (Å²) < 4.78 is 30.0. The van der Waals surface area contributed by atoms with E-state index in [1.54, 1.807) is 24.7 Å². The van der Waals surface area contributed by atoms with Gasteiger partial charge in [0, 0.05) is 37.1 Å². The molecule has 0 saturated carbocycles. The smallest absolute Gasteiger partial charge is 0.260 e. The van der Waals surface area contributed by atoms with E-state index in [0.29, 0.717) is 34.9 Å². The van der Waals surface area contributed by atoms with E-state index in [1.165, 1.54) is 11.0 Å². The van der Waals surface area contributed by atoms with Crippen molar-refractivity contribution in [3.8, 4) is 0 Å². The maximum absolute atomic E-state index is 14.1. The van der Waals surface area contributed by atoms with Gasteiger partial charge in [0.15, 0.2) is 10.9 Å². The molecule has 4 aromatic rings. The monoisotopic (exact) mass is 448 g/mol. The van der Waals surface area contributed by atoms with E-state index in [-0.39, 0.29) is 23.8 Å². The van der Waals surface area contributed by atoms with Gasteiger partial charge in [-0.05, 0) is 31.5 Å². The van der Waals surface area contributed by atoms with Crippen LogP contribution in [0.25, 0.3) is 10.2 Å². The molecule has 0 N–H and O–H groups in total. The van der Waals surface area contributed by atoms with Crippen molar-refractivity contribution in [1.29, 1.82) is 0 Å². The minimum Gasteiger partial charge on any atom is -0.337 e. The summed E-state index contributed by atoms with van der Waals surface area (Å²) in [6, 6.07) is 9.32. The van der Waals surface area contributed by atoms with Gasteiger partial charge in [0.2, 0.25) is 0 Å². The fourth-order valence-electron chi connectivity index (χ4n) is 3.11. The van der Waals surface area contributed by atoms with Crippen LogP contribution in [0.15, 0.2) is 55.1 Å². The number of halogens is 3. The van der Waals surface area contributed by atoms with Gasteiger partial charge in [-0.1, -0.05) is 29.0 Å². The molecule has 2 aromatic carbocycles. The molecule has 156 valence electrons. The van der Waals surface area contributed by atoms with Gasteiger partial charge in [-0.15, -0.1) is 12.4 Å². The third-order valence-corrected chi connectivity index (χ3v) is 5.53. The largest absolute Gasteiger partial charge is 0.337 e. The SMILES string of the molecule is Cc1cccc(C(=O)N(CCCn2ccnc2)c2nc3c(F)cc(F)cc3s2)c1.Cl. The lowest BCUT2D eigenvalue weighted by molar-refractivity contribution is 0.0986. The average molecular weight is 449 g/mol. The number of aromatic nitrogens is 3. The lowest BCUT2D eigenvalue weighted by Crippen LogP contribution is -2.32. The number of aryl methyl sites for hydroxylation is 2. The highest BCUT2D eigenvalue weighted by Crippen LogP contribution is 2.32. The Balaban J connectivity index is 0.00000256. The van der Waals surface area contributed by atoms with Crippen LogP contribution in [-0.2, 0) is 6.54 Å². The Labute approximate surface area is 182 Å². The number of carbonyl (C=O) groups excluding carboxylic acids is 1. The van der Waals surface area contributed by atoms with Gasteiger partial charge < -0.3 is 4.57 Å². The van der Waals surface area contributed by atoms with Crippen molar-refractivity contribution >= 4 is 45.0 Å². The van der Waals surface area contributed by atoms with Crippen LogP contribution in [0.4, 0.5) is 13.9 Å². The number of hydrogen-bond donors (Lipinski definition) is 0. The third-order valence-electron chi connectivity index (χ3n) is 4.50. The molecule has 9 heteroatoms. The second-order valence-corrected chi connectivity index (χ2v) is 7.72. The first kappa shape index (κ1) is 21.9. The Kier molecular flexibility index (Phi) is 6.79. The predicted molar refractivity (Wildman–Crippen MR) is 116 cm³/mol. The number of nitrogens with zero attached hydrogens (tertiary/aromatic N) is 4. The normalized spacial score (nSPS) is 10.8. The molecule has 2 heterocycles. The number of benzene rings is 2. The Morgan fingerprint density at radius 1 is 1.23 bits per heavy atom. The third kappa shape index (κ3) is 4.66. The Bertz CT molecular complexity index is 1160. The maximum Gasteiger partial charge on any atom is 0.260 e. The van der Waals surface area contributed by atoms with Crippen LogP contribution in [0.5, 0.6) is 0 Å². The molecular formula is C21H19ClF2N4OS. The molecule has 30 heavy (non-hydrogen) atoms. The summed E-state index contributed by atoms with van der Waals surface area (Å²) in [5.74, 6) is -1.62. The molecule has 0 radical (unpaired) electrons. The standard InChI is InChI=1S/C21H18F2N4OS.ClH/c1-14-4-2-5-15(10-14)20(28)27(8-3-7-26-9-6-24-13-26)21-25-19-17(23)11-16(22)12-18(19)29-21;/h2,4-6,9-13H,3,7-8H2,1H3;1H. The number of thiazole rings is 1. The highest BCUT2D eigenvalue weighted by atomic mass is 35.5. The van der Waals surface area contributed by atoms with Crippen molar-refractivity contribution in [2.45, 2.75) is 19.9 Å². The topological polar surface area (TPSA) is 51.0 Å². The minimum absolute atomic E-state index is 0. The average Bonchev–Trinajstić information content (AvgIpc) is 3.34. The first-order valence-electron chi connectivity index (χ1n) is 9.11. The fourth-order valence-corrected chi connectivity index (χ4v) is 4.14. The van der Waals surface area contributed by atoms with Gasteiger partial charge in [0.1, 0.15) is 11.3 Å². The molecule has 0 bridgehead atoms. The van der Waals surface area contributed by atoms with Crippen molar-refractivity contribution in [3.05, 3.63) is 77.9 Å². The van der Waals surface area contributed by atoms with Crippen LogP contribution in [0.3, 0.4) is 0 Å². The van der Waals surface area contributed by atoms with Crippen molar-refractivity contribution in [2.24, 2.45) is 0 Å². The van der Waals surface area contributed by atoms with Crippen LogP contribution in [0, 0.1) is 18.6 Å². The summed E-state index contributed by atoms with van der Waals surface area (Å²) >= 11 is 1.10. The van der Waals surface area contributed by atoms with Crippen LogP contribution in [0.2, 0.25) is 0 Å². The van der Waals surface area contributed by atoms with E-state index in [2.05, 4.69) is 9.97 Å². The van der Waals surface area contributed by atoms with Gasteiger partial charge in [0.25, 0.3) is 5.91 Å². The molecule has 0 atom stereocenters.